The first-order chi connectivity index (χ1) is 10.6. The molecule has 5 nitrogen and oxygen atoms in total. The van der Waals surface area contributed by atoms with Gasteiger partial charge in [-0.15, -0.1) is 10.2 Å². The van der Waals surface area contributed by atoms with Crippen molar-refractivity contribution in [3.63, 3.8) is 0 Å². The molecule has 22 heavy (non-hydrogen) atoms. The van der Waals surface area contributed by atoms with Gasteiger partial charge in [0.15, 0.2) is 11.5 Å². The molecule has 0 aliphatic heterocycles. The maximum Gasteiger partial charge on any atom is 0.276 e. The van der Waals surface area contributed by atoms with Crippen LogP contribution in [0.25, 0.3) is 0 Å². The van der Waals surface area contributed by atoms with Crippen molar-refractivity contribution in [3.05, 3.63) is 47.9 Å². The summed E-state index contributed by atoms with van der Waals surface area (Å²) in [5.74, 6) is -0.268. The molecular weight excluding hydrogens is 283 g/mol. The fourth-order valence-electron chi connectivity index (χ4n) is 1.91. The molecule has 0 saturated heterocycles. The largest absolute Gasteiger partial charge is 0.358 e. The van der Waals surface area contributed by atoms with E-state index in [1.165, 1.54) is 12.1 Å². The summed E-state index contributed by atoms with van der Waals surface area (Å²) in [6, 6.07) is 9.31. The number of rotatable bonds is 6. The molecule has 6 heteroatoms. The summed E-state index contributed by atoms with van der Waals surface area (Å²) in [6.07, 6.45) is 2.16. The Balaban J connectivity index is 2.04. The van der Waals surface area contributed by atoms with Crippen molar-refractivity contribution in [1.82, 2.24) is 10.2 Å². The van der Waals surface area contributed by atoms with Crippen molar-refractivity contribution in [2.45, 2.75) is 19.8 Å². The van der Waals surface area contributed by atoms with Crippen molar-refractivity contribution < 1.29 is 9.18 Å². The molecule has 0 spiro atoms. The molecule has 0 atom stereocenters. The Morgan fingerprint density at radius 2 is 2.00 bits per heavy atom. The van der Waals surface area contributed by atoms with E-state index in [0.29, 0.717) is 5.82 Å². The van der Waals surface area contributed by atoms with Crippen LogP contribution >= 0.6 is 0 Å². The Hall–Kier alpha value is -2.50. The van der Waals surface area contributed by atoms with Crippen LogP contribution < -0.4 is 10.2 Å². The molecule has 116 valence electrons. The Bertz CT molecular complexity index is 630. The summed E-state index contributed by atoms with van der Waals surface area (Å²) in [7, 11) is 1.93. The number of halogens is 1. The van der Waals surface area contributed by atoms with Crippen LogP contribution in [-0.4, -0.2) is 29.7 Å². The lowest BCUT2D eigenvalue weighted by Gasteiger charge is -2.16. The number of para-hydroxylation sites is 1. The lowest BCUT2D eigenvalue weighted by Crippen LogP contribution is -2.21. The fraction of sp³-hybridized carbons (Fsp3) is 0.312. The first kappa shape index (κ1) is 15.9. The van der Waals surface area contributed by atoms with E-state index in [1.54, 1.807) is 24.3 Å². The zero-order valence-electron chi connectivity index (χ0n) is 12.7. The monoisotopic (exact) mass is 302 g/mol. The van der Waals surface area contributed by atoms with Crippen LogP contribution in [0, 0.1) is 5.82 Å². The van der Waals surface area contributed by atoms with Crippen molar-refractivity contribution in [1.29, 1.82) is 0 Å². The van der Waals surface area contributed by atoms with E-state index in [2.05, 4.69) is 22.4 Å². The summed E-state index contributed by atoms with van der Waals surface area (Å²) in [6.45, 7) is 3.00. The first-order valence-corrected chi connectivity index (χ1v) is 7.22. The van der Waals surface area contributed by atoms with Gasteiger partial charge in [0.2, 0.25) is 0 Å². The minimum atomic E-state index is -0.486. The number of anilines is 2. The van der Waals surface area contributed by atoms with Crippen LogP contribution in [0.3, 0.4) is 0 Å². The van der Waals surface area contributed by atoms with Crippen molar-refractivity contribution in [2.24, 2.45) is 0 Å². The maximum atomic E-state index is 13.5. The fourth-order valence-corrected chi connectivity index (χ4v) is 1.91. The molecule has 2 rings (SSSR count). The minimum Gasteiger partial charge on any atom is -0.358 e. The zero-order chi connectivity index (χ0) is 15.9. The highest BCUT2D eigenvalue weighted by molar-refractivity contribution is 6.02. The van der Waals surface area contributed by atoms with E-state index in [0.717, 1.165) is 19.4 Å². The third-order valence-corrected chi connectivity index (χ3v) is 3.24. The predicted octanol–water partition coefficient (Wildman–Crippen LogP) is 3.10. The van der Waals surface area contributed by atoms with E-state index < -0.39 is 11.7 Å². The smallest absolute Gasteiger partial charge is 0.276 e. The van der Waals surface area contributed by atoms with Gasteiger partial charge in [0.1, 0.15) is 5.82 Å². The van der Waals surface area contributed by atoms with Gasteiger partial charge >= 0.3 is 0 Å². The van der Waals surface area contributed by atoms with E-state index in [9.17, 15) is 9.18 Å². The molecule has 2 aromatic rings. The molecule has 0 unspecified atom stereocenters. The van der Waals surface area contributed by atoms with Crippen molar-refractivity contribution >= 4 is 17.4 Å². The van der Waals surface area contributed by atoms with Crippen LogP contribution in [0.5, 0.6) is 0 Å². The van der Waals surface area contributed by atoms with E-state index in [1.807, 2.05) is 11.9 Å². The molecule has 1 amide bonds. The van der Waals surface area contributed by atoms with Gasteiger partial charge in [0, 0.05) is 13.6 Å². The van der Waals surface area contributed by atoms with E-state index in [4.69, 9.17) is 0 Å². The van der Waals surface area contributed by atoms with Crippen LogP contribution in [0.4, 0.5) is 15.9 Å². The summed E-state index contributed by atoms with van der Waals surface area (Å²) in [5, 5.41) is 10.4. The number of benzene rings is 1. The number of hydrogen-bond acceptors (Lipinski definition) is 4. The summed E-state index contributed by atoms with van der Waals surface area (Å²) >= 11 is 0. The van der Waals surface area contributed by atoms with Gasteiger partial charge in [-0.05, 0) is 30.7 Å². The third kappa shape index (κ3) is 4.00. The van der Waals surface area contributed by atoms with Crippen LogP contribution in [0.1, 0.15) is 30.3 Å². The average Bonchev–Trinajstić information content (AvgIpc) is 2.55. The van der Waals surface area contributed by atoms with E-state index >= 15 is 0 Å². The number of unbranched alkanes of at least 4 members (excludes halogenated alkanes) is 1. The topological polar surface area (TPSA) is 58.1 Å². The second-order valence-electron chi connectivity index (χ2n) is 4.99. The quantitative estimate of drug-likeness (QED) is 0.891. The molecule has 0 bridgehead atoms. The highest BCUT2D eigenvalue weighted by atomic mass is 19.1. The molecule has 1 heterocycles. The molecule has 0 aliphatic carbocycles. The second-order valence-corrected chi connectivity index (χ2v) is 4.99. The molecule has 0 aliphatic rings. The predicted molar refractivity (Wildman–Crippen MR) is 84.6 cm³/mol. The number of amides is 1. The highest BCUT2D eigenvalue weighted by Crippen LogP contribution is 2.14. The van der Waals surface area contributed by atoms with Crippen LogP contribution in [-0.2, 0) is 0 Å². The van der Waals surface area contributed by atoms with Crippen molar-refractivity contribution in [2.75, 3.05) is 23.8 Å². The maximum absolute atomic E-state index is 13.5. The SMILES string of the molecule is CCCCN(C)c1ccc(C(=O)Nc2ccccc2F)nn1. The molecule has 0 fully saturated rings. The average molecular weight is 302 g/mol. The minimum absolute atomic E-state index is 0.124. The zero-order valence-corrected chi connectivity index (χ0v) is 12.7. The number of nitrogens with zero attached hydrogens (tertiary/aromatic N) is 3. The van der Waals surface area contributed by atoms with Gasteiger partial charge in [-0.2, -0.15) is 0 Å². The van der Waals surface area contributed by atoms with Gasteiger partial charge in [0.25, 0.3) is 5.91 Å². The Labute approximate surface area is 129 Å². The molecule has 0 radical (unpaired) electrons. The first-order valence-electron chi connectivity index (χ1n) is 7.22. The number of carbonyl (C=O) groups is 1. The van der Waals surface area contributed by atoms with Crippen molar-refractivity contribution in [3.8, 4) is 0 Å². The Morgan fingerprint density at radius 1 is 1.23 bits per heavy atom. The van der Waals surface area contributed by atoms with Crippen LogP contribution in [0.2, 0.25) is 0 Å². The van der Waals surface area contributed by atoms with Gasteiger partial charge in [-0.3, -0.25) is 4.79 Å². The number of nitrogens with one attached hydrogen (secondary N) is 1. The van der Waals surface area contributed by atoms with Crippen LogP contribution in [0.15, 0.2) is 36.4 Å². The summed E-state index contributed by atoms with van der Waals surface area (Å²) < 4.78 is 13.5. The summed E-state index contributed by atoms with van der Waals surface area (Å²) in [5.41, 5.74) is 0.273. The Kier molecular flexibility index (Phi) is 5.41. The molecule has 1 aromatic heterocycles. The molecule has 1 aromatic carbocycles. The lowest BCUT2D eigenvalue weighted by atomic mass is 10.3. The van der Waals surface area contributed by atoms with Gasteiger partial charge < -0.3 is 10.2 Å². The third-order valence-electron chi connectivity index (χ3n) is 3.24. The number of carbonyl (C=O) groups excluding carboxylic acids is 1. The molecule has 1 N–H and O–H groups in total. The number of aromatic nitrogens is 2. The normalized spacial score (nSPS) is 10.3. The Morgan fingerprint density at radius 3 is 2.64 bits per heavy atom. The molecular formula is C16H19FN4O. The second kappa shape index (κ2) is 7.49. The van der Waals surface area contributed by atoms with Gasteiger partial charge in [-0.1, -0.05) is 25.5 Å². The summed E-state index contributed by atoms with van der Waals surface area (Å²) in [4.78, 5) is 14.0. The number of hydrogen-bond donors (Lipinski definition) is 1. The highest BCUT2D eigenvalue weighted by Gasteiger charge is 2.11. The van der Waals surface area contributed by atoms with Gasteiger partial charge in [-0.25, -0.2) is 4.39 Å². The van der Waals surface area contributed by atoms with Gasteiger partial charge in [0.05, 0.1) is 5.69 Å². The standard InChI is InChI=1S/C16H19FN4O/c1-3-4-11-21(2)15-10-9-14(19-20-15)16(22)18-13-8-6-5-7-12(13)17/h5-10H,3-4,11H2,1-2H3,(H,18,22). The lowest BCUT2D eigenvalue weighted by molar-refractivity contribution is 0.102. The molecule has 0 saturated carbocycles. The van der Waals surface area contributed by atoms with E-state index in [-0.39, 0.29) is 11.4 Å².